The second-order valence-electron chi connectivity index (χ2n) is 8.93. The lowest BCUT2D eigenvalue weighted by atomic mass is 9.94. The quantitative estimate of drug-likeness (QED) is 0.746. The van der Waals surface area contributed by atoms with Crippen LogP contribution in [0.2, 0.25) is 0 Å². The van der Waals surface area contributed by atoms with E-state index in [-0.39, 0.29) is 18.0 Å². The maximum Gasteiger partial charge on any atom is 0.321 e. The lowest BCUT2D eigenvalue weighted by Gasteiger charge is -2.44. The SMILES string of the molecule is CCCN1CCN(C(=O)N2Cc3c(NC(=O)c4ccccn4)n[nH]c3C2(C)CC)[C@@H](C)C1. The summed E-state index contributed by atoms with van der Waals surface area (Å²) in [7, 11) is 0. The summed E-state index contributed by atoms with van der Waals surface area (Å²) in [6, 6.07) is 5.40. The molecule has 9 nitrogen and oxygen atoms in total. The van der Waals surface area contributed by atoms with Crippen molar-refractivity contribution >= 4 is 17.8 Å². The van der Waals surface area contributed by atoms with Gasteiger partial charge in [0.1, 0.15) is 5.69 Å². The van der Waals surface area contributed by atoms with Gasteiger partial charge in [0.15, 0.2) is 5.82 Å². The van der Waals surface area contributed by atoms with E-state index in [1.165, 1.54) is 0 Å². The predicted molar refractivity (Wildman–Crippen MR) is 122 cm³/mol. The van der Waals surface area contributed by atoms with Gasteiger partial charge in [-0.1, -0.05) is 19.9 Å². The van der Waals surface area contributed by atoms with Crippen LogP contribution in [0.4, 0.5) is 10.6 Å². The number of hydrogen-bond donors (Lipinski definition) is 2. The number of aromatic amines is 1. The van der Waals surface area contributed by atoms with Crippen LogP contribution in [-0.4, -0.2) is 74.0 Å². The highest BCUT2D eigenvalue weighted by Crippen LogP contribution is 2.43. The largest absolute Gasteiger partial charge is 0.321 e. The minimum atomic E-state index is -0.506. The van der Waals surface area contributed by atoms with Crippen molar-refractivity contribution in [3.05, 3.63) is 41.3 Å². The zero-order chi connectivity index (χ0) is 22.9. The zero-order valence-electron chi connectivity index (χ0n) is 19.4. The van der Waals surface area contributed by atoms with Crippen molar-refractivity contribution in [1.82, 2.24) is 29.9 Å². The van der Waals surface area contributed by atoms with Crippen LogP contribution in [0.15, 0.2) is 24.4 Å². The highest BCUT2D eigenvalue weighted by molar-refractivity contribution is 6.02. The Morgan fingerprint density at radius 2 is 2.09 bits per heavy atom. The van der Waals surface area contributed by atoms with E-state index in [1.54, 1.807) is 24.4 Å². The fourth-order valence-electron chi connectivity index (χ4n) is 4.84. The third kappa shape index (κ3) is 3.85. The van der Waals surface area contributed by atoms with Crippen molar-refractivity contribution in [2.75, 3.05) is 31.5 Å². The van der Waals surface area contributed by atoms with Gasteiger partial charge in [0.05, 0.1) is 17.8 Å². The van der Waals surface area contributed by atoms with E-state index < -0.39 is 5.54 Å². The average Bonchev–Trinajstić information content (AvgIpc) is 3.33. The number of H-pyrrole nitrogens is 1. The number of anilines is 1. The minimum absolute atomic E-state index is 0.0459. The number of rotatable bonds is 5. The van der Waals surface area contributed by atoms with Gasteiger partial charge in [-0.2, -0.15) is 5.10 Å². The fraction of sp³-hybridized carbons (Fsp3) is 0.565. The molecule has 9 heteroatoms. The van der Waals surface area contributed by atoms with Crippen LogP contribution in [0.1, 0.15) is 62.3 Å². The monoisotopic (exact) mass is 439 g/mol. The third-order valence-corrected chi connectivity index (χ3v) is 6.86. The maximum atomic E-state index is 13.7. The van der Waals surface area contributed by atoms with E-state index in [9.17, 15) is 9.59 Å². The number of nitrogens with zero attached hydrogens (tertiary/aromatic N) is 5. The van der Waals surface area contributed by atoms with Gasteiger partial charge in [0.25, 0.3) is 5.91 Å². The van der Waals surface area contributed by atoms with Gasteiger partial charge in [-0.15, -0.1) is 0 Å². The van der Waals surface area contributed by atoms with Gasteiger partial charge in [-0.3, -0.25) is 19.8 Å². The van der Waals surface area contributed by atoms with E-state index in [0.29, 0.717) is 18.1 Å². The van der Waals surface area contributed by atoms with E-state index >= 15 is 0 Å². The Hall–Kier alpha value is -2.94. The molecular formula is C23H33N7O2. The first kappa shape index (κ1) is 22.3. The van der Waals surface area contributed by atoms with Crippen molar-refractivity contribution in [1.29, 1.82) is 0 Å². The minimum Gasteiger partial charge on any atom is -0.319 e. The number of amides is 3. The number of urea groups is 1. The molecule has 4 rings (SSSR count). The van der Waals surface area contributed by atoms with E-state index in [1.807, 2.05) is 9.80 Å². The molecule has 0 bridgehead atoms. The molecule has 2 aromatic heterocycles. The van der Waals surface area contributed by atoms with Crippen LogP contribution in [0.25, 0.3) is 0 Å². The second kappa shape index (κ2) is 8.90. The first-order valence-corrected chi connectivity index (χ1v) is 11.5. The molecule has 2 N–H and O–H groups in total. The number of aromatic nitrogens is 3. The first-order valence-electron chi connectivity index (χ1n) is 11.5. The number of fused-ring (bicyclic) bond motifs is 1. The van der Waals surface area contributed by atoms with Crippen molar-refractivity contribution in [2.24, 2.45) is 0 Å². The van der Waals surface area contributed by atoms with E-state index in [4.69, 9.17) is 0 Å². The van der Waals surface area contributed by atoms with Gasteiger partial charge in [-0.05, 0) is 45.4 Å². The molecule has 1 saturated heterocycles. The third-order valence-electron chi connectivity index (χ3n) is 6.86. The summed E-state index contributed by atoms with van der Waals surface area (Å²) >= 11 is 0. The van der Waals surface area contributed by atoms with Gasteiger partial charge in [0, 0.05) is 37.4 Å². The predicted octanol–water partition coefficient (Wildman–Crippen LogP) is 3.03. The summed E-state index contributed by atoms with van der Waals surface area (Å²) in [6.45, 7) is 12.5. The molecule has 0 spiro atoms. The highest BCUT2D eigenvalue weighted by atomic mass is 16.2. The molecule has 2 aliphatic rings. The van der Waals surface area contributed by atoms with Gasteiger partial charge in [0.2, 0.25) is 0 Å². The number of carbonyl (C=O) groups is 2. The Morgan fingerprint density at radius 1 is 1.28 bits per heavy atom. The van der Waals surface area contributed by atoms with Crippen molar-refractivity contribution in [2.45, 2.75) is 58.7 Å². The summed E-state index contributed by atoms with van der Waals surface area (Å²) in [4.78, 5) is 36.7. The average molecular weight is 440 g/mol. The number of pyridine rings is 1. The number of piperazine rings is 1. The normalized spacial score (nSPS) is 23.3. The van der Waals surface area contributed by atoms with E-state index in [2.05, 4.69) is 53.1 Å². The van der Waals surface area contributed by atoms with Crippen LogP contribution in [0.3, 0.4) is 0 Å². The van der Waals surface area contributed by atoms with Gasteiger partial charge in [-0.25, -0.2) is 4.79 Å². The molecule has 4 heterocycles. The lowest BCUT2D eigenvalue weighted by molar-refractivity contribution is 0.0534. The summed E-state index contributed by atoms with van der Waals surface area (Å²) in [5.74, 6) is 0.148. The molecule has 2 aromatic rings. The van der Waals surface area contributed by atoms with Crippen molar-refractivity contribution < 1.29 is 9.59 Å². The number of nitrogens with one attached hydrogen (secondary N) is 2. The summed E-state index contributed by atoms with van der Waals surface area (Å²) in [5.41, 5.74) is 1.58. The highest BCUT2D eigenvalue weighted by Gasteiger charge is 2.48. The number of carbonyl (C=O) groups excluding carboxylic acids is 2. The standard InChI is InChI=1S/C23H33N7O2/c1-5-11-28-12-13-29(16(3)14-28)22(32)30-15-17-19(23(30,4)6-2)26-27-20(17)25-21(31)18-9-7-8-10-24-18/h7-10,16H,5-6,11-15H2,1-4H3,(H2,25,26,27,31)/t16-,23?/m0/s1. The molecule has 0 aromatic carbocycles. The first-order chi connectivity index (χ1) is 15.4. The Bertz CT molecular complexity index is 976. The molecule has 2 aliphatic heterocycles. The molecule has 1 unspecified atom stereocenters. The van der Waals surface area contributed by atoms with Crippen LogP contribution < -0.4 is 5.32 Å². The van der Waals surface area contributed by atoms with Crippen molar-refractivity contribution in [3.8, 4) is 0 Å². The molecule has 0 aliphatic carbocycles. The summed E-state index contributed by atoms with van der Waals surface area (Å²) in [5, 5.41) is 10.3. The van der Waals surface area contributed by atoms with Crippen LogP contribution in [-0.2, 0) is 12.1 Å². The van der Waals surface area contributed by atoms with Gasteiger partial charge >= 0.3 is 6.03 Å². The smallest absolute Gasteiger partial charge is 0.319 e. The molecule has 1 fully saturated rings. The zero-order valence-corrected chi connectivity index (χ0v) is 19.4. The maximum absolute atomic E-state index is 13.7. The van der Waals surface area contributed by atoms with E-state index in [0.717, 1.165) is 50.3 Å². The fourth-order valence-corrected chi connectivity index (χ4v) is 4.84. The Balaban J connectivity index is 1.53. The molecular weight excluding hydrogens is 406 g/mol. The topological polar surface area (TPSA) is 97.5 Å². The summed E-state index contributed by atoms with van der Waals surface area (Å²) < 4.78 is 0. The molecule has 0 radical (unpaired) electrons. The molecule has 0 saturated carbocycles. The Morgan fingerprint density at radius 3 is 2.75 bits per heavy atom. The summed E-state index contributed by atoms with van der Waals surface area (Å²) in [6.07, 6.45) is 3.45. The van der Waals surface area contributed by atoms with Crippen LogP contribution >= 0.6 is 0 Å². The van der Waals surface area contributed by atoms with Crippen molar-refractivity contribution in [3.63, 3.8) is 0 Å². The van der Waals surface area contributed by atoms with Crippen LogP contribution in [0, 0.1) is 0 Å². The Kier molecular flexibility index (Phi) is 6.19. The molecule has 3 amide bonds. The lowest BCUT2D eigenvalue weighted by Crippen LogP contribution is -2.59. The molecule has 172 valence electrons. The second-order valence-corrected chi connectivity index (χ2v) is 8.93. The van der Waals surface area contributed by atoms with Crippen LogP contribution in [0.5, 0.6) is 0 Å². The molecule has 32 heavy (non-hydrogen) atoms. The molecule has 2 atom stereocenters. The Labute approximate surface area is 189 Å². The van der Waals surface area contributed by atoms with Gasteiger partial charge < -0.3 is 15.1 Å². The number of hydrogen-bond acceptors (Lipinski definition) is 5.